The van der Waals surface area contributed by atoms with Crippen LogP contribution < -0.4 is 0 Å². The van der Waals surface area contributed by atoms with Crippen LogP contribution in [0.4, 0.5) is 0 Å². The van der Waals surface area contributed by atoms with Crippen molar-refractivity contribution in [2.45, 2.75) is 20.3 Å². The Morgan fingerprint density at radius 3 is 2.86 bits per heavy atom. The number of aliphatic imine (C=N–C) groups is 2. The van der Waals surface area contributed by atoms with Gasteiger partial charge in [0.25, 0.3) is 0 Å². The lowest BCUT2D eigenvalue weighted by molar-refractivity contribution is -0.113. The van der Waals surface area contributed by atoms with Crippen molar-refractivity contribution in [2.24, 2.45) is 9.98 Å². The highest BCUT2D eigenvalue weighted by atomic mass is 16.5. The first-order valence-corrected chi connectivity index (χ1v) is 4.54. The van der Waals surface area contributed by atoms with Crippen molar-refractivity contribution in [3.8, 4) is 0 Å². The van der Waals surface area contributed by atoms with Crippen LogP contribution in [-0.2, 0) is 9.53 Å². The first kappa shape index (κ1) is 10.6. The zero-order valence-corrected chi connectivity index (χ0v) is 8.70. The number of nitrogens with zero attached hydrogens (tertiary/aromatic N) is 2. The Hall–Kier alpha value is -1.45. The van der Waals surface area contributed by atoms with E-state index in [1.807, 2.05) is 6.92 Å². The largest absolute Gasteiger partial charge is 0.480 e. The van der Waals surface area contributed by atoms with Crippen LogP contribution in [0.3, 0.4) is 0 Å². The lowest BCUT2D eigenvalue weighted by atomic mass is 10.1. The molecular formula is C10H14N2O2. The van der Waals surface area contributed by atoms with Crippen LogP contribution in [0, 0.1) is 0 Å². The fourth-order valence-corrected chi connectivity index (χ4v) is 1.23. The highest BCUT2D eigenvalue weighted by molar-refractivity contribution is 6.27. The zero-order valence-electron chi connectivity index (χ0n) is 8.70. The molecule has 0 bridgehead atoms. The lowest BCUT2D eigenvalue weighted by Crippen LogP contribution is -2.05. The molecule has 0 saturated heterocycles. The summed E-state index contributed by atoms with van der Waals surface area (Å²) in [5.74, 6) is 0.348. The average molecular weight is 194 g/mol. The molecule has 1 aliphatic rings. The number of carbonyl (C=O) groups is 1. The molecule has 0 amide bonds. The van der Waals surface area contributed by atoms with Crippen LogP contribution in [0.5, 0.6) is 0 Å². The fourth-order valence-electron chi connectivity index (χ4n) is 1.23. The van der Waals surface area contributed by atoms with Gasteiger partial charge < -0.3 is 4.74 Å². The molecule has 14 heavy (non-hydrogen) atoms. The number of rotatable bonds is 2. The van der Waals surface area contributed by atoms with E-state index < -0.39 is 0 Å². The number of Topliss-reactive ketones (excluding diaryl/α,β-unsaturated/α-hetero) is 1. The van der Waals surface area contributed by atoms with Crippen molar-refractivity contribution in [1.82, 2.24) is 0 Å². The molecular weight excluding hydrogens is 180 g/mol. The van der Waals surface area contributed by atoms with Gasteiger partial charge in [-0.25, -0.2) is 4.99 Å². The minimum Gasteiger partial charge on any atom is -0.480 e. The van der Waals surface area contributed by atoms with Gasteiger partial charge in [-0.05, 0) is 12.0 Å². The monoisotopic (exact) mass is 194 g/mol. The van der Waals surface area contributed by atoms with E-state index in [0.29, 0.717) is 18.1 Å². The van der Waals surface area contributed by atoms with Gasteiger partial charge in [-0.3, -0.25) is 9.79 Å². The van der Waals surface area contributed by atoms with Gasteiger partial charge in [0.1, 0.15) is 5.70 Å². The quantitative estimate of drug-likeness (QED) is 0.666. The predicted octanol–water partition coefficient (Wildman–Crippen LogP) is 1.37. The van der Waals surface area contributed by atoms with Crippen LogP contribution in [0.15, 0.2) is 21.3 Å². The normalized spacial score (nSPS) is 16.4. The maximum Gasteiger partial charge on any atom is 0.232 e. The third-order valence-electron chi connectivity index (χ3n) is 2.01. The van der Waals surface area contributed by atoms with E-state index in [4.69, 9.17) is 4.74 Å². The summed E-state index contributed by atoms with van der Waals surface area (Å²) in [6, 6.07) is 0. The predicted molar refractivity (Wildman–Crippen MR) is 55.8 cm³/mol. The smallest absolute Gasteiger partial charge is 0.232 e. The Kier molecular flexibility index (Phi) is 3.56. The van der Waals surface area contributed by atoms with Gasteiger partial charge in [-0.1, -0.05) is 6.92 Å². The number of hydrogen-bond donors (Lipinski definition) is 0. The number of ketones is 1. The number of allylic oxidation sites excluding steroid dienone is 1. The SMILES string of the molecule is CCC1=C(C(C)=O)N=C(OC)C=NC1. The van der Waals surface area contributed by atoms with E-state index in [0.717, 1.165) is 12.0 Å². The molecule has 1 rings (SSSR count). The minimum atomic E-state index is -0.0399. The summed E-state index contributed by atoms with van der Waals surface area (Å²) < 4.78 is 4.96. The molecule has 4 heteroatoms. The van der Waals surface area contributed by atoms with Crippen molar-refractivity contribution >= 4 is 17.9 Å². The molecule has 0 atom stereocenters. The Balaban J connectivity index is 3.12. The summed E-state index contributed by atoms with van der Waals surface area (Å²) in [6.45, 7) is 4.02. The zero-order chi connectivity index (χ0) is 10.6. The van der Waals surface area contributed by atoms with E-state index in [-0.39, 0.29) is 5.78 Å². The Bertz CT molecular complexity index is 327. The summed E-state index contributed by atoms with van der Waals surface area (Å²) in [5, 5.41) is 0. The summed E-state index contributed by atoms with van der Waals surface area (Å²) in [5.41, 5.74) is 1.45. The lowest BCUT2D eigenvalue weighted by Gasteiger charge is -2.03. The Morgan fingerprint density at radius 1 is 1.64 bits per heavy atom. The van der Waals surface area contributed by atoms with Gasteiger partial charge in [-0.2, -0.15) is 0 Å². The van der Waals surface area contributed by atoms with Crippen LogP contribution in [0.2, 0.25) is 0 Å². The van der Waals surface area contributed by atoms with Crippen molar-refractivity contribution in [2.75, 3.05) is 13.7 Å². The van der Waals surface area contributed by atoms with Crippen LogP contribution in [0.1, 0.15) is 20.3 Å². The molecule has 0 spiro atoms. The highest BCUT2D eigenvalue weighted by Gasteiger charge is 2.13. The van der Waals surface area contributed by atoms with Gasteiger partial charge in [0, 0.05) is 6.92 Å². The average Bonchev–Trinajstić information content (AvgIpc) is 2.38. The van der Waals surface area contributed by atoms with E-state index in [1.54, 1.807) is 6.21 Å². The molecule has 76 valence electrons. The van der Waals surface area contributed by atoms with E-state index >= 15 is 0 Å². The van der Waals surface area contributed by atoms with Crippen molar-refractivity contribution in [3.05, 3.63) is 11.3 Å². The summed E-state index contributed by atoms with van der Waals surface area (Å²) in [4.78, 5) is 19.5. The van der Waals surface area contributed by atoms with Crippen LogP contribution >= 0.6 is 0 Å². The topological polar surface area (TPSA) is 51.0 Å². The van der Waals surface area contributed by atoms with Gasteiger partial charge >= 0.3 is 0 Å². The number of carbonyl (C=O) groups excluding carboxylic acids is 1. The van der Waals surface area contributed by atoms with Crippen molar-refractivity contribution in [1.29, 1.82) is 0 Å². The second kappa shape index (κ2) is 4.69. The van der Waals surface area contributed by atoms with E-state index in [2.05, 4.69) is 9.98 Å². The molecule has 0 aromatic carbocycles. The maximum absolute atomic E-state index is 11.3. The molecule has 0 fully saturated rings. The van der Waals surface area contributed by atoms with Crippen molar-refractivity contribution in [3.63, 3.8) is 0 Å². The van der Waals surface area contributed by atoms with Crippen LogP contribution in [-0.4, -0.2) is 31.6 Å². The van der Waals surface area contributed by atoms with Gasteiger partial charge in [0.15, 0.2) is 5.78 Å². The molecule has 1 heterocycles. The second-order valence-corrected chi connectivity index (χ2v) is 2.99. The minimum absolute atomic E-state index is 0.0399. The number of hydrogen-bond acceptors (Lipinski definition) is 4. The van der Waals surface area contributed by atoms with E-state index in [9.17, 15) is 4.79 Å². The molecule has 0 radical (unpaired) electrons. The first-order chi connectivity index (χ1) is 6.69. The third kappa shape index (κ3) is 2.28. The molecule has 0 unspecified atom stereocenters. The summed E-state index contributed by atoms with van der Waals surface area (Å²) >= 11 is 0. The van der Waals surface area contributed by atoms with Crippen molar-refractivity contribution < 1.29 is 9.53 Å². The molecule has 0 saturated carbocycles. The van der Waals surface area contributed by atoms with Gasteiger partial charge in [0.05, 0.1) is 19.9 Å². The molecule has 4 nitrogen and oxygen atoms in total. The van der Waals surface area contributed by atoms with Gasteiger partial charge in [-0.15, -0.1) is 0 Å². The molecule has 0 aliphatic carbocycles. The second-order valence-electron chi connectivity index (χ2n) is 2.99. The highest BCUT2D eigenvalue weighted by Crippen LogP contribution is 2.14. The molecule has 1 aliphatic heterocycles. The fraction of sp³-hybridized carbons (Fsp3) is 0.500. The number of ether oxygens (including phenoxy) is 1. The Labute approximate surface area is 83.4 Å². The van der Waals surface area contributed by atoms with Crippen LogP contribution in [0.25, 0.3) is 0 Å². The summed E-state index contributed by atoms with van der Waals surface area (Å²) in [7, 11) is 1.51. The van der Waals surface area contributed by atoms with E-state index in [1.165, 1.54) is 14.0 Å². The molecule has 0 aromatic rings. The standard InChI is InChI=1S/C10H14N2O2/c1-4-8-5-11-6-9(14-3)12-10(8)7(2)13/h6H,4-5H2,1-3H3. The number of methoxy groups -OCH3 is 1. The third-order valence-corrected chi connectivity index (χ3v) is 2.01. The maximum atomic E-state index is 11.3. The Morgan fingerprint density at radius 2 is 2.36 bits per heavy atom. The first-order valence-electron chi connectivity index (χ1n) is 4.54. The molecule has 0 aromatic heterocycles. The molecule has 0 N–H and O–H groups in total. The summed E-state index contributed by atoms with van der Waals surface area (Å²) in [6.07, 6.45) is 2.33. The van der Waals surface area contributed by atoms with Gasteiger partial charge in [0.2, 0.25) is 5.90 Å².